The summed E-state index contributed by atoms with van der Waals surface area (Å²) in [6, 6.07) is 13.2. The van der Waals surface area contributed by atoms with Gasteiger partial charge in [0, 0.05) is 37.4 Å². The highest BCUT2D eigenvalue weighted by molar-refractivity contribution is 5.62. The molecular weight excluding hydrogens is 264 g/mol. The van der Waals surface area contributed by atoms with Crippen molar-refractivity contribution in [2.75, 3.05) is 44.3 Å². The lowest BCUT2D eigenvalue weighted by Gasteiger charge is -2.43. The van der Waals surface area contributed by atoms with Gasteiger partial charge in [-0.2, -0.15) is 0 Å². The summed E-state index contributed by atoms with van der Waals surface area (Å²) in [5.41, 5.74) is 2.43. The van der Waals surface area contributed by atoms with Gasteiger partial charge in [0.1, 0.15) is 5.76 Å². The van der Waals surface area contributed by atoms with Gasteiger partial charge in [-0.05, 0) is 36.4 Å². The van der Waals surface area contributed by atoms with Crippen molar-refractivity contribution in [3.8, 4) is 11.3 Å². The van der Waals surface area contributed by atoms with Gasteiger partial charge in [0.15, 0.2) is 0 Å². The van der Waals surface area contributed by atoms with Crippen molar-refractivity contribution in [3.63, 3.8) is 0 Å². The third-order valence-electron chi connectivity index (χ3n) is 4.49. The summed E-state index contributed by atoms with van der Waals surface area (Å²) in [7, 11) is 0. The summed E-state index contributed by atoms with van der Waals surface area (Å²) in [6.45, 7) is 6.28. The first kappa shape index (κ1) is 12.9. The molecular formula is C17H20N2O2. The van der Waals surface area contributed by atoms with E-state index in [2.05, 4.69) is 34.1 Å². The highest BCUT2D eigenvalue weighted by atomic mass is 16.5. The molecule has 0 amide bonds. The van der Waals surface area contributed by atoms with Crippen molar-refractivity contribution in [1.29, 1.82) is 0 Å². The number of rotatable bonds is 3. The number of benzene rings is 1. The number of anilines is 1. The lowest BCUT2D eigenvalue weighted by molar-refractivity contribution is -0.0660. The Balaban J connectivity index is 1.40. The molecule has 4 nitrogen and oxygen atoms in total. The average Bonchev–Trinajstić information content (AvgIpc) is 3.01. The second-order valence-corrected chi connectivity index (χ2v) is 5.74. The van der Waals surface area contributed by atoms with Crippen molar-refractivity contribution in [3.05, 3.63) is 42.7 Å². The maximum absolute atomic E-state index is 5.43. The number of hydrogen-bond donors (Lipinski definition) is 0. The Bertz CT molecular complexity index is 567. The molecule has 0 unspecified atom stereocenters. The zero-order valence-corrected chi connectivity index (χ0v) is 12.1. The predicted octanol–water partition coefficient (Wildman–Crippen LogP) is 2.47. The van der Waals surface area contributed by atoms with Crippen LogP contribution in [0.15, 0.2) is 47.1 Å². The van der Waals surface area contributed by atoms with Gasteiger partial charge in [0.25, 0.3) is 0 Å². The molecule has 2 aromatic rings. The van der Waals surface area contributed by atoms with Crippen LogP contribution in [0.1, 0.15) is 0 Å². The Hall–Kier alpha value is -1.78. The van der Waals surface area contributed by atoms with E-state index in [0.717, 1.165) is 50.7 Å². The van der Waals surface area contributed by atoms with E-state index in [1.165, 1.54) is 5.69 Å². The van der Waals surface area contributed by atoms with Crippen LogP contribution in [0.5, 0.6) is 0 Å². The SMILES string of the molecule is c1coc(-c2ccc(N3CCN(C4COC4)CC3)cc2)c1. The molecule has 0 atom stereocenters. The number of furan rings is 1. The van der Waals surface area contributed by atoms with Crippen molar-refractivity contribution in [2.45, 2.75) is 6.04 Å². The fourth-order valence-corrected chi connectivity index (χ4v) is 3.06. The molecule has 21 heavy (non-hydrogen) atoms. The minimum absolute atomic E-state index is 0.661. The molecule has 2 fully saturated rings. The Morgan fingerprint density at radius 2 is 1.67 bits per heavy atom. The molecule has 0 saturated carbocycles. The van der Waals surface area contributed by atoms with Gasteiger partial charge in [-0.15, -0.1) is 0 Å². The van der Waals surface area contributed by atoms with Crippen LogP contribution in [-0.4, -0.2) is 50.3 Å². The van der Waals surface area contributed by atoms with Crippen LogP contribution in [0.25, 0.3) is 11.3 Å². The molecule has 0 bridgehead atoms. The fourth-order valence-electron chi connectivity index (χ4n) is 3.06. The molecule has 1 aromatic carbocycles. The van der Waals surface area contributed by atoms with Gasteiger partial charge in [-0.25, -0.2) is 0 Å². The quantitative estimate of drug-likeness (QED) is 0.866. The van der Waals surface area contributed by atoms with E-state index in [0.29, 0.717) is 6.04 Å². The molecule has 4 rings (SSSR count). The number of hydrogen-bond acceptors (Lipinski definition) is 4. The molecule has 0 N–H and O–H groups in total. The Kier molecular flexibility index (Phi) is 3.41. The smallest absolute Gasteiger partial charge is 0.133 e. The summed E-state index contributed by atoms with van der Waals surface area (Å²) in [5, 5.41) is 0. The van der Waals surface area contributed by atoms with E-state index < -0.39 is 0 Å². The van der Waals surface area contributed by atoms with Gasteiger partial charge < -0.3 is 14.1 Å². The summed E-state index contributed by atoms with van der Waals surface area (Å²) < 4.78 is 10.7. The van der Waals surface area contributed by atoms with Crippen molar-refractivity contribution in [2.24, 2.45) is 0 Å². The van der Waals surface area contributed by atoms with E-state index in [4.69, 9.17) is 9.15 Å². The molecule has 0 spiro atoms. The number of ether oxygens (including phenoxy) is 1. The van der Waals surface area contributed by atoms with Crippen LogP contribution in [0, 0.1) is 0 Å². The third-order valence-corrected chi connectivity index (χ3v) is 4.49. The van der Waals surface area contributed by atoms with E-state index in [1.54, 1.807) is 6.26 Å². The summed E-state index contributed by atoms with van der Waals surface area (Å²) >= 11 is 0. The molecule has 2 saturated heterocycles. The number of nitrogens with zero attached hydrogens (tertiary/aromatic N) is 2. The van der Waals surface area contributed by atoms with Crippen molar-refractivity contribution in [1.82, 2.24) is 4.90 Å². The van der Waals surface area contributed by atoms with Crippen LogP contribution >= 0.6 is 0 Å². The number of piperazine rings is 1. The van der Waals surface area contributed by atoms with Crippen LogP contribution in [-0.2, 0) is 4.74 Å². The molecule has 110 valence electrons. The van der Waals surface area contributed by atoms with Gasteiger partial charge in [0.2, 0.25) is 0 Å². The molecule has 0 radical (unpaired) electrons. The van der Waals surface area contributed by atoms with Crippen molar-refractivity contribution >= 4 is 5.69 Å². The molecule has 3 heterocycles. The minimum Gasteiger partial charge on any atom is -0.464 e. The van der Waals surface area contributed by atoms with Crippen LogP contribution < -0.4 is 4.90 Å². The zero-order chi connectivity index (χ0) is 14.1. The molecule has 2 aliphatic rings. The maximum Gasteiger partial charge on any atom is 0.133 e. The highest BCUT2D eigenvalue weighted by Crippen LogP contribution is 2.24. The second-order valence-electron chi connectivity index (χ2n) is 5.74. The third kappa shape index (κ3) is 2.57. The summed E-state index contributed by atoms with van der Waals surface area (Å²) in [6.07, 6.45) is 1.71. The minimum atomic E-state index is 0.661. The topological polar surface area (TPSA) is 28.9 Å². The first-order chi connectivity index (χ1) is 10.4. The molecule has 2 aliphatic heterocycles. The van der Waals surface area contributed by atoms with Gasteiger partial charge >= 0.3 is 0 Å². The van der Waals surface area contributed by atoms with Crippen LogP contribution in [0.3, 0.4) is 0 Å². The second kappa shape index (κ2) is 5.54. The monoisotopic (exact) mass is 284 g/mol. The lowest BCUT2D eigenvalue weighted by Crippen LogP contribution is -2.56. The molecule has 0 aliphatic carbocycles. The zero-order valence-electron chi connectivity index (χ0n) is 12.1. The maximum atomic E-state index is 5.43. The summed E-state index contributed by atoms with van der Waals surface area (Å²) in [5.74, 6) is 0.927. The van der Waals surface area contributed by atoms with E-state index in [9.17, 15) is 0 Å². The van der Waals surface area contributed by atoms with E-state index in [-0.39, 0.29) is 0 Å². The van der Waals surface area contributed by atoms with E-state index >= 15 is 0 Å². The van der Waals surface area contributed by atoms with Gasteiger partial charge in [-0.1, -0.05) is 0 Å². The van der Waals surface area contributed by atoms with Gasteiger partial charge in [0.05, 0.1) is 25.5 Å². The average molecular weight is 284 g/mol. The normalized spacial score (nSPS) is 20.5. The van der Waals surface area contributed by atoms with E-state index in [1.807, 2.05) is 12.1 Å². The first-order valence-corrected chi connectivity index (χ1v) is 7.61. The highest BCUT2D eigenvalue weighted by Gasteiger charge is 2.28. The first-order valence-electron chi connectivity index (χ1n) is 7.61. The van der Waals surface area contributed by atoms with Crippen LogP contribution in [0.4, 0.5) is 5.69 Å². The van der Waals surface area contributed by atoms with Gasteiger partial charge in [-0.3, -0.25) is 4.90 Å². The standard InChI is InChI=1S/C17H20N2O2/c1-2-17(21-11-1)14-3-5-15(6-4-14)18-7-9-19(10-8-18)16-12-20-13-16/h1-6,11,16H,7-10,12-13H2. The van der Waals surface area contributed by atoms with Crippen molar-refractivity contribution < 1.29 is 9.15 Å². The fraction of sp³-hybridized carbons (Fsp3) is 0.412. The predicted molar refractivity (Wildman–Crippen MR) is 82.5 cm³/mol. The van der Waals surface area contributed by atoms with Crippen LogP contribution in [0.2, 0.25) is 0 Å². The Morgan fingerprint density at radius 1 is 0.905 bits per heavy atom. The molecule has 1 aromatic heterocycles. The largest absolute Gasteiger partial charge is 0.464 e. The Morgan fingerprint density at radius 3 is 2.24 bits per heavy atom. The Labute approximate surface area is 124 Å². The molecule has 4 heteroatoms. The summed E-state index contributed by atoms with van der Waals surface area (Å²) in [4.78, 5) is 5.01. The lowest BCUT2D eigenvalue weighted by atomic mass is 10.1.